The van der Waals surface area contributed by atoms with Gasteiger partial charge in [0.05, 0.1) is 4.88 Å². The molecule has 0 aliphatic heterocycles. The summed E-state index contributed by atoms with van der Waals surface area (Å²) in [4.78, 5) is 4.67. The lowest BCUT2D eigenvalue weighted by Crippen LogP contribution is -2.05. The van der Waals surface area contributed by atoms with Crippen LogP contribution < -0.4 is 16.0 Å². The number of hydrogen-bond donors (Lipinski definition) is 2. The van der Waals surface area contributed by atoms with Crippen LogP contribution in [0.3, 0.4) is 0 Å². The topological polar surface area (TPSA) is 60.2 Å². The predicted molar refractivity (Wildman–Crippen MR) is 60.6 cm³/mol. The van der Waals surface area contributed by atoms with Gasteiger partial charge in [0.25, 0.3) is 0 Å². The molecule has 0 aliphatic carbocycles. The summed E-state index contributed by atoms with van der Waals surface area (Å²) in [5, 5.41) is 0.531. The number of nitrogens with zero attached hydrogens (tertiary/aromatic N) is 1. The molecule has 7 heteroatoms. The van der Waals surface area contributed by atoms with E-state index in [1.54, 1.807) is 6.20 Å². The quantitative estimate of drug-likeness (QED) is 0.651. The van der Waals surface area contributed by atoms with E-state index in [4.69, 9.17) is 10.6 Å². The number of benzene rings is 1. The molecule has 90 valence electrons. The van der Waals surface area contributed by atoms with E-state index < -0.39 is 11.6 Å². The van der Waals surface area contributed by atoms with E-state index >= 15 is 0 Å². The second-order valence-corrected chi connectivity index (χ2v) is 4.25. The molecule has 2 rings (SSSR count). The summed E-state index contributed by atoms with van der Waals surface area (Å²) < 4.78 is 31.2. The molecule has 0 aliphatic rings. The van der Waals surface area contributed by atoms with Crippen molar-refractivity contribution in [3.8, 4) is 5.75 Å². The number of aromatic nitrogens is 1. The van der Waals surface area contributed by atoms with Gasteiger partial charge in [-0.05, 0) is 12.1 Å². The van der Waals surface area contributed by atoms with Crippen LogP contribution in [-0.4, -0.2) is 4.98 Å². The Morgan fingerprint density at radius 2 is 2.24 bits per heavy atom. The van der Waals surface area contributed by atoms with Crippen molar-refractivity contribution in [3.63, 3.8) is 0 Å². The molecule has 4 nitrogen and oxygen atoms in total. The van der Waals surface area contributed by atoms with Crippen molar-refractivity contribution in [3.05, 3.63) is 40.9 Å². The molecule has 0 spiro atoms. The Balaban J connectivity index is 2.04. The van der Waals surface area contributed by atoms with Gasteiger partial charge in [0, 0.05) is 12.3 Å². The highest BCUT2D eigenvalue weighted by Crippen LogP contribution is 2.22. The van der Waals surface area contributed by atoms with Crippen molar-refractivity contribution in [1.29, 1.82) is 0 Å². The molecular weight excluding hydrogens is 248 g/mol. The molecule has 0 amide bonds. The molecule has 0 saturated carbocycles. The largest absolute Gasteiger partial charge is 0.485 e. The molecule has 0 saturated heterocycles. The Morgan fingerprint density at radius 1 is 1.41 bits per heavy atom. The van der Waals surface area contributed by atoms with Crippen LogP contribution in [0, 0.1) is 11.6 Å². The van der Waals surface area contributed by atoms with E-state index in [9.17, 15) is 8.78 Å². The number of hydrazine groups is 1. The Hall–Kier alpha value is -1.73. The molecular formula is C10H9F2N3OS. The van der Waals surface area contributed by atoms with Crippen LogP contribution in [0.2, 0.25) is 0 Å². The molecule has 1 aromatic carbocycles. The van der Waals surface area contributed by atoms with Crippen LogP contribution in [0.25, 0.3) is 0 Å². The van der Waals surface area contributed by atoms with Gasteiger partial charge in [-0.2, -0.15) is 0 Å². The van der Waals surface area contributed by atoms with Crippen molar-refractivity contribution in [2.75, 3.05) is 5.43 Å². The normalized spacial score (nSPS) is 10.3. The first-order valence-electron chi connectivity index (χ1n) is 4.68. The number of nitrogens with two attached hydrogens (primary N) is 1. The molecule has 0 unspecified atom stereocenters. The molecule has 17 heavy (non-hydrogen) atoms. The third kappa shape index (κ3) is 2.89. The van der Waals surface area contributed by atoms with Gasteiger partial charge in [0.2, 0.25) is 0 Å². The van der Waals surface area contributed by atoms with Gasteiger partial charge < -0.3 is 4.74 Å². The van der Waals surface area contributed by atoms with Gasteiger partial charge in [-0.1, -0.05) is 11.3 Å². The number of rotatable bonds is 4. The summed E-state index contributed by atoms with van der Waals surface area (Å²) in [7, 11) is 0. The monoisotopic (exact) mass is 257 g/mol. The van der Waals surface area contributed by atoms with Gasteiger partial charge in [0.1, 0.15) is 12.4 Å². The SMILES string of the molecule is NNc1ncc(COc2cc(F)ccc2F)s1. The van der Waals surface area contributed by atoms with Crippen molar-refractivity contribution in [1.82, 2.24) is 4.98 Å². The number of halogens is 2. The second-order valence-electron chi connectivity index (χ2n) is 3.14. The molecule has 3 N–H and O–H groups in total. The molecule has 1 heterocycles. The lowest BCUT2D eigenvalue weighted by molar-refractivity contribution is 0.291. The maximum absolute atomic E-state index is 13.2. The fraction of sp³-hybridized carbons (Fsp3) is 0.100. The van der Waals surface area contributed by atoms with Gasteiger partial charge >= 0.3 is 0 Å². The molecule has 1 aromatic heterocycles. The summed E-state index contributed by atoms with van der Waals surface area (Å²) in [6.45, 7) is 0.111. The summed E-state index contributed by atoms with van der Waals surface area (Å²) in [6, 6.07) is 3.05. The standard InChI is InChI=1S/C10H9F2N3OS/c11-6-1-2-8(12)9(3-6)16-5-7-4-14-10(15-13)17-7/h1-4H,5,13H2,(H,14,15). The molecule has 0 fully saturated rings. The first-order valence-corrected chi connectivity index (χ1v) is 5.50. The van der Waals surface area contributed by atoms with E-state index in [0.29, 0.717) is 5.13 Å². The van der Waals surface area contributed by atoms with Gasteiger partial charge in [-0.25, -0.2) is 19.6 Å². The van der Waals surface area contributed by atoms with E-state index in [-0.39, 0.29) is 12.4 Å². The van der Waals surface area contributed by atoms with Crippen LogP contribution in [0.15, 0.2) is 24.4 Å². The first-order chi connectivity index (χ1) is 8.19. The minimum atomic E-state index is -0.604. The highest BCUT2D eigenvalue weighted by atomic mass is 32.1. The number of nitrogen functional groups attached to an aromatic ring is 1. The van der Waals surface area contributed by atoms with Crippen LogP contribution in [-0.2, 0) is 6.61 Å². The maximum atomic E-state index is 13.2. The van der Waals surface area contributed by atoms with Gasteiger partial charge in [-0.15, -0.1) is 0 Å². The smallest absolute Gasteiger partial charge is 0.197 e. The zero-order valence-electron chi connectivity index (χ0n) is 8.61. The fourth-order valence-electron chi connectivity index (χ4n) is 1.18. The minimum Gasteiger partial charge on any atom is -0.485 e. The third-order valence-corrected chi connectivity index (χ3v) is 2.84. The zero-order chi connectivity index (χ0) is 12.3. The Bertz CT molecular complexity index is 518. The fourth-order valence-corrected chi connectivity index (χ4v) is 1.81. The molecule has 2 aromatic rings. The van der Waals surface area contributed by atoms with Crippen LogP contribution in [0.4, 0.5) is 13.9 Å². The second kappa shape index (κ2) is 5.07. The molecule has 0 radical (unpaired) electrons. The Morgan fingerprint density at radius 3 is 2.94 bits per heavy atom. The number of thiazole rings is 1. The van der Waals surface area contributed by atoms with E-state index in [1.807, 2.05) is 0 Å². The molecule has 0 atom stereocenters. The van der Waals surface area contributed by atoms with Gasteiger partial charge in [-0.3, -0.25) is 5.43 Å². The zero-order valence-corrected chi connectivity index (χ0v) is 9.43. The first kappa shape index (κ1) is 11.7. The maximum Gasteiger partial charge on any atom is 0.197 e. The summed E-state index contributed by atoms with van der Waals surface area (Å²) >= 11 is 1.27. The average Bonchev–Trinajstić information content (AvgIpc) is 2.78. The van der Waals surface area contributed by atoms with Crippen molar-refractivity contribution < 1.29 is 13.5 Å². The number of anilines is 1. The van der Waals surface area contributed by atoms with Crippen LogP contribution in [0.5, 0.6) is 5.75 Å². The highest BCUT2D eigenvalue weighted by molar-refractivity contribution is 7.15. The number of ether oxygens (including phenoxy) is 1. The van der Waals surface area contributed by atoms with Crippen molar-refractivity contribution in [2.45, 2.75) is 6.61 Å². The van der Waals surface area contributed by atoms with Crippen molar-refractivity contribution >= 4 is 16.5 Å². The number of hydrogen-bond acceptors (Lipinski definition) is 5. The van der Waals surface area contributed by atoms with Crippen molar-refractivity contribution in [2.24, 2.45) is 5.84 Å². The Labute approximate surface area is 100 Å². The van der Waals surface area contributed by atoms with Crippen LogP contribution in [0.1, 0.15) is 4.88 Å². The van der Waals surface area contributed by atoms with Gasteiger partial charge in [0.15, 0.2) is 16.7 Å². The third-order valence-electron chi connectivity index (χ3n) is 1.94. The average molecular weight is 257 g/mol. The van der Waals surface area contributed by atoms with E-state index in [2.05, 4.69) is 10.4 Å². The summed E-state index contributed by atoms with van der Waals surface area (Å²) in [5.41, 5.74) is 2.38. The summed E-state index contributed by atoms with van der Waals surface area (Å²) in [5.74, 6) is 3.89. The lowest BCUT2D eigenvalue weighted by Gasteiger charge is -2.05. The highest BCUT2D eigenvalue weighted by Gasteiger charge is 2.07. The Kier molecular flexibility index (Phi) is 3.50. The molecule has 0 bridgehead atoms. The van der Waals surface area contributed by atoms with E-state index in [1.165, 1.54) is 11.3 Å². The van der Waals surface area contributed by atoms with E-state index in [0.717, 1.165) is 23.1 Å². The summed E-state index contributed by atoms with van der Waals surface area (Å²) in [6.07, 6.45) is 1.55. The lowest BCUT2D eigenvalue weighted by atomic mass is 10.3. The predicted octanol–water partition coefficient (Wildman–Crippen LogP) is 2.29. The van der Waals surface area contributed by atoms with Crippen LogP contribution >= 0.6 is 11.3 Å². The minimum absolute atomic E-state index is 0.111. The number of nitrogens with one attached hydrogen (secondary N) is 1.